The summed E-state index contributed by atoms with van der Waals surface area (Å²) < 4.78 is 13.4. The van der Waals surface area contributed by atoms with Crippen LogP contribution in [0.2, 0.25) is 5.02 Å². The fourth-order valence-corrected chi connectivity index (χ4v) is 1.89. The van der Waals surface area contributed by atoms with E-state index < -0.39 is 11.7 Å². The van der Waals surface area contributed by atoms with Gasteiger partial charge in [-0.3, -0.25) is 9.78 Å². The molecule has 0 fully saturated rings. The van der Waals surface area contributed by atoms with Crippen molar-refractivity contribution in [2.45, 2.75) is 13.0 Å². The number of nitrogens with zero attached hydrogens (tertiary/aromatic N) is 1. The number of pyridine rings is 1. The van der Waals surface area contributed by atoms with Crippen molar-refractivity contribution in [2.24, 2.45) is 0 Å². The van der Waals surface area contributed by atoms with E-state index in [1.54, 1.807) is 18.2 Å². The second kappa shape index (κ2) is 5.80. The number of aromatic nitrogens is 1. The van der Waals surface area contributed by atoms with Gasteiger partial charge in [-0.05, 0) is 30.7 Å². The van der Waals surface area contributed by atoms with E-state index in [1.807, 2.05) is 13.0 Å². The van der Waals surface area contributed by atoms with E-state index in [9.17, 15) is 9.18 Å². The summed E-state index contributed by atoms with van der Waals surface area (Å²) in [4.78, 5) is 15.5. The molecule has 0 aliphatic rings. The zero-order valence-corrected chi connectivity index (χ0v) is 11.0. The lowest BCUT2D eigenvalue weighted by atomic mass is 10.1. The van der Waals surface area contributed by atoms with Crippen LogP contribution in [0.5, 0.6) is 0 Å². The van der Waals surface area contributed by atoms with E-state index in [4.69, 9.17) is 11.6 Å². The highest BCUT2D eigenvalue weighted by Gasteiger charge is 2.14. The van der Waals surface area contributed by atoms with Crippen molar-refractivity contribution >= 4 is 17.5 Å². The van der Waals surface area contributed by atoms with Crippen LogP contribution in [0, 0.1) is 5.82 Å². The van der Waals surface area contributed by atoms with E-state index in [0.29, 0.717) is 5.02 Å². The van der Waals surface area contributed by atoms with Crippen LogP contribution in [0.15, 0.2) is 42.7 Å². The van der Waals surface area contributed by atoms with E-state index in [1.165, 1.54) is 12.3 Å². The van der Waals surface area contributed by atoms with Gasteiger partial charge in [0.05, 0.1) is 17.8 Å². The Morgan fingerprint density at radius 3 is 2.89 bits per heavy atom. The van der Waals surface area contributed by atoms with Crippen LogP contribution >= 0.6 is 11.6 Å². The number of hydrogen-bond acceptors (Lipinski definition) is 2. The van der Waals surface area contributed by atoms with Crippen molar-refractivity contribution in [3.05, 3.63) is 64.7 Å². The monoisotopic (exact) mass is 278 g/mol. The molecular formula is C14H12ClFN2O. The number of amides is 1. The van der Waals surface area contributed by atoms with Gasteiger partial charge in [-0.25, -0.2) is 4.39 Å². The minimum atomic E-state index is -0.640. The fourth-order valence-electron chi connectivity index (χ4n) is 1.69. The number of benzene rings is 1. The van der Waals surface area contributed by atoms with Crippen LogP contribution in [-0.4, -0.2) is 10.9 Å². The van der Waals surface area contributed by atoms with Crippen molar-refractivity contribution < 1.29 is 9.18 Å². The van der Waals surface area contributed by atoms with Gasteiger partial charge in [0, 0.05) is 11.2 Å². The van der Waals surface area contributed by atoms with E-state index >= 15 is 0 Å². The summed E-state index contributed by atoms with van der Waals surface area (Å²) in [5, 5.41) is 3.31. The van der Waals surface area contributed by atoms with Gasteiger partial charge in [-0.1, -0.05) is 23.7 Å². The number of rotatable bonds is 3. The highest BCUT2D eigenvalue weighted by molar-refractivity contribution is 6.30. The summed E-state index contributed by atoms with van der Waals surface area (Å²) in [5.74, 6) is -1.12. The molecule has 1 unspecified atom stereocenters. The van der Waals surface area contributed by atoms with Gasteiger partial charge in [-0.15, -0.1) is 0 Å². The molecule has 0 aliphatic heterocycles. The van der Waals surface area contributed by atoms with Gasteiger partial charge in [0.1, 0.15) is 0 Å². The zero-order valence-electron chi connectivity index (χ0n) is 10.2. The van der Waals surface area contributed by atoms with Crippen molar-refractivity contribution in [3.63, 3.8) is 0 Å². The first-order valence-corrected chi connectivity index (χ1v) is 6.11. The summed E-state index contributed by atoms with van der Waals surface area (Å²) in [5.41, 5.74) is 0.833. The Kier molecular flexibility index (Phi) is 4.12. The molecule has 0 radical (unpaired) electrons. The quantitative estimate of drug-likeness (QED) is 0.935. The maximum absolute atomic E-state index is 13.4. The second-order valence-corrected chi connectivity index (χ2v) is 4.54. The SMILES string of the molecule is CC(NC(=O)c1ccncc1F)c1cccc(Cl)c1. The van der Waals surface area contributed by atoms with Crippen molar-refractivity contribution in [1.82, 2.24) is 10.3 Å². The average molecular weight is 279 g/mol. The lowest BCUT2D eigenvalue weighted by molar-refractivity contribution is 0.0935. The standard InChI is InChI=1S/C14H12ClFN2O/c1-9(10-3-2-4-11(15)7-10)18-14(19)12-5-6-17-8-13(12)16/h2-9H,1H3,(H,18,19). The lowest BCUT2D eigenvalue weighted by Crippen LogP contribution is -2.27. The predicted octanol–water partition coefficient (Wildman–Crippen LogP) is 3.37. The molecule has 98 valence electrons. The Morgan fingerprint density at radius 1 is 1.42 bits per heavy atom. The maximum Gasteiger partial charge on any atom is 0.254 e. The lowest BCUT2D eigenvalue weighted by Gasteiger charge is -2.14. The summed E-state index contributed by atoms with van der Waals surface area (Å²) in [6, 6.07) is 8.23. The molecule has 5 heteroatoms. The van der Waals surface area contributed by atoms with Crippen molar-refractivity contribution in [2.75, 3.05) is 0 Å². The molecule has 2 rings (SSSR count). The molecule has 0 spiro atoms. The molecule has 2 aromatic rings. The molecule has 1 amide bonds. The molecule has 1 aromatic carbocycles. The first kappa shape index (κ1) is 13.5. The van der Waals surface area contributed by atoms with Crippen molar-refractivity contribution in [3.8, 4) is 0 Å². The largest absolute Gasteiger partial charge is 0.345 e. The topological polar surface area (TPSA) is 42.0 Å². The van der Waals surface area contributed by atoms with Crippen LogP contribution in [0.4, 0.5) is 4.39 Å². The van der Waals surface area contributed by atoms with Gasteiger partial charge in [-0.2, -0.15) is 0 Å². The molecule has 0 bridgehead atoms. The summed E-state index contributed by atoms with van der Waals surface area (Å²) >= 11 is 5.89. The number of carbonyl (C=O) groups is 1. The number of nitrogens with one attached hydrogen (secondary N) is 1. The number of halogens is 2. The molecule has 1 atom stereocenters. The van der Waals surface area contributed by atoms with Crippen molar-refractivity contribution in [1.29, 1.82) is 0 Å². The van der Waals surface area contributed by atoms with Crippen LogP contribution in [0.3, 0.4) is 0 Å². The van der Waals surface area contributed by atoms with Crippen LogP contribution in [-0.2, 0) is 0 Å². The maximum atomic E-state index is 13.4. The fraction of sp³-hybridized carbons (Fsp3) is 0.143. The van der Waals surface area contributed by atoms with Gasteiger partial charge >= 0.3 is 0 Å². The van der Waals surface area contributed by atoms with Gasteiger partial charge in [0.2, 0.25) is 0 Å². The first-order chi connectivity index (χ1) is 9.08. The molecule has 0 saturated carbocycles. The Balaban J connectivity index is 2.13. The van der Waals surface area contributed by atoms with Crippen LogP contribution < -0.4 is 5.32 Å². The van der Waals surface area contributed by atoms with Gasteiger partial charge in [0.25, 0.3) is 5.91 Å². The number of hydrogen-bond donors (Lipinski definition) is 1. The van der Waals surface area contributed by atoms with E-state index in [2.05, 4.69) is 10.3 Å². The van der Waals surface area contributed by atoms with E-state index in [-0.39, 0.29) is 11.6 Å². The third-order valence-corrected chi connectivity index (χ3v) is 2.95. The average Bonchev–Trinajstić information content (AvgIpc) is 2.39. The third-order valence-electron chi connectivity index (χ3n) is 2.71. The molecule has 1 N–H and O–H groups in total. The Labute approximate surface area is 115 Å². The van der Waals surface area contributed by atoms with Crippen LogP contribution in [0.25, 0.3) is 0 Å². The zero-order chi connectivity index (χ0) is 13.8. The molecule has 0 saturated heterocycles. The Bertz CT molecular complexity index is 604. The minimum Gasteiger partial charge on any atom is -0.345 e. The Hall–Kier alpha value is -1.94. The Morgan fingerprint density at radius 2 is 2.21 bits per heavy atom. The summed E-state index contributed by atoms with van der Waals surface area (Å²) in [6.45, 7) is 1.81. The molecule has 19 heavy (non-hydrogen) atoms. The second-order valence-electron chi connectivity index (χ2n) is 4.11. The molecular weight excluding hydrogens is 267 g/mol. The highest BCUT2D eigenvalue weighted by Crippen LogP contribution is 2.18. The predicted molar refractivity (Wildman–Crippen MR) is 71.5 cm³/mol. The normalized spacial score (nSPS) is 11.9. The minimum absolute atomic E-state index is 0.0242. The molecule has 0 aliphatic carbocycles. The molecule has 3 nitrogen and oxygen atoms in total. The van der Waals surface area contributed by atoms with Crippen LogP contribution in [0.1, 0.15) is 28.9 Å². The third kappa shape index (κ3) is 3.29. The summed E-state index contributed by atoms with van der Waals surface area (Å²) in [6.07, 6.45) is 2.39. The van der Waals surface area contributed by atoms with Gasteiger partial charge < -0.3 is 5.32 Å². The summed E-state index contributed by atoms with van der Waals surface area (Å²) in [7, 11) is 0. The first-order valence-electron chi connectivity index (χ1n) is 5.74. The molecule has 1 heterocycles. The molecule has 1 aromatic heterocycles. The van der Waals surface area contributed by atoms with Gasteiger partial charge in [0.15, 0.2) is 5.82 Å². The van der Waals surface area contributed by atoms with E-state index in [0.717, 1.165) is 11.8 Å². The smallest absolute Gasteiger partial charge is 0.254 e. The number of carbonyl (C=O) groups excluding carboxylic acids is 1. The highest BCUT2D eigenvalue weighted by atomic mass is 35.5.